The zero-order chi connectivity index (χ0) is 20.1. The first-order chi connectivity index (χ1) is 13.2. The van der Waals surface area contributed by atoms with Crippen molar-refractivity contribution in [1.82, 2.24) is 15.5 Å². The van der Waals surface area contributed by atoms with Crippen LogP contribution in [0.1, 0.15) is 57.7 Å². The Labute approximate surface area is 165 Å². The van der Waals surface area contributed by atoms with Gasteiger partial charge in [-0.05, 0) is 50.5 Å². The second kappa shape index (κ2) is 6.41. The fraction of sp³-hybridized carbons (Fsp3) is 0.435. The lowest BCUT2D eigenvalue weighted by Crippen LogP contribution is -2.49. The number of rotatable bonds is 3. The molecule has 1 aromatic carbocycles. The SMILES string of the molecule is CC(C)C(=O)NC12C#CC(C)(C)C(CC1)c1cc(-c3ccccc3F)nnc12. The topological polar surface area (TPSA) is 54.9 Å². The molecule has 1 amide bonds. The summed E-state index contributed by atoms with van der Waals surface area (Å²) in [6.45, 7) is 7.95. The van der Waals surface area contributed by atoms with Crippen molar-refractivity contribution < 1.29 is 9.18 Å². The highest BCUT2D eigenvalue weighted by molar-refractivity contribution is 5.80. The molecule has 144 valence electrons. The average Bonchev–Trinajstić information content (AvgIpc) is 2.84. The van der Waals surface area contributed by atoms with Crippen LogP contribution in [-0.4, -0.2) is 16.1 Å². The zero-order valence-electron chi connectivity index (χ0n) is 16.6. The quantitative estimate of drug-likeness (QED) is 0.817. The maximum Gasteiger partial charge on any atom is 0.224 e. The predicted octanol–water partition coefficient (Wildman–Crippen LogP) is 4.17. The van der Waals surface area contributed by atoms with E-state index in [2.05, 4.69) is 41.2 Å². The lowest BCUT2D eigenvalue weighted by atomic mass is 9.68. The molecule has 4 nitrogen and oxygen atoms in total. The Morgan fingerprint density at radius 1 is 1.25 bits per heavy atom. The third kappa shape index (κ3) is 2.88. The summed E-state index contributed by atoms with van der Waals surface area (Å²) in [6, 6.07) is 8.50. The second-order valence-corrected chi connectivity index (χ2v) is 8.63. The van der Waals surface area contributed by atoms with E-state index in [1.807, 2.05) is 19.9 Å². The van der Waals surface area contributed by atoms with Crippen LogP contribution in [0.4, 0.5) is 4.39 Å². The number of carbonyl (C=O) groups excluding carboxylic acids is 1. The summed E-state index contributed by atoms with van der Waals surface area (Å²) in [4.78, 5) is 12.5. The Bertz CT molecular complexity index is 1020. The van der Waals surface area contributed by atoms with E-state index in [0.717, 1.165) is 12.0 Å². The maximum absolute atomic E-state index is 14.3. The van der Waals surface area contributed by atoms with E-state index in [4.69, 9.17) is 0 Å². The third-order valence-electron chi connectivity index (χ3n) is 5.89. The summed E-state index contributed by atoms with van der Waals surface area (Å²) in [5.41, 5.74) is 1.52. The number of hydrogen-bond acceptors (Lipinski definition) is 3. The lowest BCUT2D eigenvalue weighted by molar-refractivity contribution is -0.125. The van der Waals surface area contributed by atoms with E-state index in [-0.39, 0.29) is 29.0 Å². The van der Waals surface area contributed by atoms with Crippen molar-refractivity contribution >= 4 is 5.91 Å². The van der Waals surface area contributed by atoms with Gasteiger partial charge in [0.15, 0.2) is 0 Å². The van der Waals surface area contributed by atoms with Gasteiger partial charge in [0, 0.05) is 22.8 Å². The number of hydrogen-bond donors (Lipinski definition) is 1. The van der Waals surface area contributed by atoms with E-state index < -0.39 is 5.54 Å². The Morgan fingerprint density at radius 3 is 2.71 bits per heavy atom. The minimum atomic E-state index is -0.832. The Morgan fingerprint density at radius 2 is 2.00 bits per heavy atom. The Balaban J connectivity index is 1.89. The molecule has 28 heavy (non-hydrogen) atoms. The molecule has 3 aliphatic rings. The highest BCUT2D eigenvalue weighted by Crippen LogP contribution is 2.51. The molecule has 3 aliphatic carbocycles. The molecule has 0 fully saturated rings. The van der Waals surface area contributed by atoms with Crippen LogP contribution in [0.25, 0.3) is 11.3 Å². The molecule has 5 rings (SSSR count). The van der Waals surface area contributed by atoms with E-state index in [0.29, 0.717) is 23.4 Å². The van der Waals surface area contributed by atoms with Crippen LogP contribution in [0.15, 0.2) is 30.3 Å². The van der Waals surface area contributed by atoms with Gasteiger partial charge in [0.05, 0.1) is 5.69 Å². The lowest BCUT2D eigenvalue weighted by Gasteiger charge is -2.39. The molecule has 0 saturated heterocycles. The van der Waals surface area contributed by atoms with Crippen molar-refractivity contribution in [2.45, 2.75) is 52.0 Å². The Kier molecular flexibility index (Phi) is 4.26. The number of nitrogens with zero attached hydrogens (tertiary/aromatic N) is 2. The molecule has 0 saturated carbocycles. The first-order valence-electron chi connectivity index (χ1n) is 9.73. The summed E-state index contributed by atoms with van der Waals surface area (Å²) in [7, 11) is 0. The molecule has 1 N–H and O–H groups in total. The Hall–Kier alpha value is -2.74. The summed E-state index contributed by atoms with van der Waals surface area (Å²) in [5, 5.41) is 11.9. The van der Waals surface area contributed by atoms with Crippen molar-refractivity contribution in [3.8, 4) is 23.1 Å². The van der Waals surface area contributed by atoms with Gasteiger partial charge >= 0.3 is 0 Å². The molecule has 1 aromatic heterocycles. The normalized spacial score (nSPS) is 24.1. The number of amides is 1. The molecular weight excluding hydrogens is 353 g/mol. The molecule has 0 radical (unpaired) electrons. The number of halogens is 1. The van der Waals surface area contributed by atoms with Crippen LogP contribution >= 0.6 is 0 Å². The largest absolute Gasteiger partial charge is 0.334 e. The van der Waals surface area contributed by atoms with Crippen molar-refractivity contribution in [2.24, 2.45) is 11.3 Å². The molecule has 0 spiro atoms. The van der Waals surface area contributed by atoms with Crippen molar-refractivity contribution in [2.75, 3.05) is 0 Å². The molecule has 1 heterocycles. The molecule has 2 unspecified atom stereocenters. The number of benzene rings is 1. The molecule has 5 heteroatoms. The van der Waals surface area contributed by atoms with Gasteiger partial charge < -0.3 is 5.32 Å². The van der Waals surface area contributed by atoms with Crippen molar-refractivity contribution in [3.63, 3.8) is 0 Å². The number of fused-ring (bicyclic) bond motifs is 2. The van der Waals surface area contributed by atoms with E-state index in [1.165, 1.54) is 6.07 Å². The smallest absolute Gasteiger partial charge is 0.224 e. The minimum absolute atomic E-state index is 0.0570. The molecule has 2 atom stereocenters. The zero-order valence-corrected chi connectivity index (χ0v) is 16.6. The summed E-state index contributed by atoms with van der Waals surface area (Å²) in [6.07, 6.45) is 1.56. The fourth-order valence-corrected chi connectivity index (χ4v) is 4.17. The van der Waals surface area contributed by atoms with E-state index >= 15 is 0 Å². The first kappa shape index (κ1) is 18.6. The van der Waals surface area contributed by atoms with Gasteiger partial charge in [0.1, 0.15) is 17.1 Å². The highest BCUT2D eigenvalue weighted by Gasteiger charge is 2.48. The minimum Gasteiger partial charge on any atom is -0.334 e. The van der Waals surface area contributed by atoms with Gasteiger partial charge in [0.25, 0.3) is 0 Å². The highest BCUT2D eigenvalue weighted by atomic mass is 19.1. The average molecular weight is 377 g/mol. The monoisotopic (exact) mass is 377 g/mol. The molecular formula is C23H24FN3O. The molecule has 2 bridgehead atoms. The summed E-state index contributed by atoms with van der Waals surface area (Å²) in [5.74, 6) is 6.33. The van der Waals surface area contributed by atoms with Gasteiger partial charge in [-0.3, -0.25) is 4.79 Å². The number of nitrogens with one attached hydrogen (secondary N) is 1. The van der Waals surface area contributed by atoms with E-state index in [9.17, 15) is 9.18 Å². The summed E-state index contributed by atoms with van der Waals surface area (Å²) >= 11 is 0. The van der Waals surface area contributed by atoms with Crippen molar-refractivity contribution in [3.05, 3.63) is 47.4 Å². The summed E-state index contributed by atoms with van der Waals surface area (Å²) < 4.78 is 14.3. The van der Waals surface area contributed by atoms with Crippen LogP contribution in [0.3, 0.4) is 0 Å². The van der Waals surface area contributed by atoms with Gasteiger partial charge in [-0.2, -0.15) is 10.2 Å². The molecule has 2 aromatic rings. The van der Waals surface area contributed by atoms with Gasteiger partial charge in [-0.15, -0.1) is 0 Å². The van der Waals surface area contributed by atoms with Crippen LogP contribution in [0, 0.1) is 29.0 Å². The van der Waals surface area contributed by atoms with Gasteiger partial charge in [0.2, 0.25) is 5.91 Å². The number of aromatic nitrogens is 2. The van der Waals surface area contributed by atoms with E-state index in [1.54, 1.807) is 18.2 Å². The van der Waals surface area contributed by atoms with Gasteiger partial charge in [-0.1, -0.05) is 37.8 Å². The van der Waals surface area contributed by atoms with Crippen LogP contribution in [0.2, 0.25) is 0 Å². The predicted molar refractivity (Wildman–Crippen MR) is 106 cm³/mol. The fourth-order valence-electron chi connectivity index (χ4n) is 4.17. The first-order valence-corrected chi connectivity index (χ1v) is 9.73. The van der Waals surface area contributed by atoms with Gasteiger partial charge in [-0.25, -0.2) is 4.39 Å². The van der Waals surface area contributed by atoms with Crippen LogP contribution in [0.5, 0.6) is 0 Å². The van der Waals surface area contributed by atoms with Crippen molar-refractivity contribution in [1.29, 1.82) is 0 Å². The maximum atomic E-state index is 14.3. The second-order valence-electron chi connectivity index (χ2n) is 8.63. The number of carbonyl (C=O) groups is 1. The standard InChI is InChI=1S/C23H24FN3O/c1-14(2)21(28)25-23-10-9-17(22(3,4)11-12-23)16-13-19(26-27-20(16)23)15-7-5-6-8-18(15)24/h5-8,13-14,17H,9-10H2,1-4H3,(H,25,28). The van der Waals surface area contributed by atoms with Crippen LogP contribution in [-0.2, 0) is 10.3 Å². The van der Waals surface area contributed by atoms with Crippen LogP contribution < -0.4 is 5.32 Å². The third-order valence-corrected chi connectivity index (χ3v) is 5.89. The molecule has 0 aliphatic heterocycles.